The van der Waals surface area contributed by atoms with Crippen LogP contribution >= 0.6 is 23.1 Å². The first kappa shape index (κ1) is 18.4. The van der Waals surface area contributed by atoms with Crippen LogP contribution in [-0.4, -0.2) is 31.9 Å². The van der Waals surface area contributed by atoms with E-state index in [1.165, 1.54) is 11.8 Å². The highest BCUT2D eigenvalue weighted by molar-refractivity contribution is 7.99. The molecule has 0 radical (unpaired) electrons. The third-order valence-corrected chi connectivity index (χ3v) is 5.82. The molecule has 8 heteroatoms. The van der Waals surface area contributed by atoms with Crippen LogP contribution in [0.4, 0.5) is 5.69 Å². The maximum atomic E-state index is 12.5. The number of nitrogens with one attached hydrogen (secondary N) is 1. The molecule has 0 aliphatic heterocycles. The summed E-state index contributed by atoms with van der Waals surface area (Å²) in [4.78, 5) is 13.7. The lowest BCUT2D eigenvalue weighted by atomic mass is 10.0. The van der Waals surface area contributed by atoms with Gasteiger partial charge in [0.05, 0.1) is 12.3 Å². The molecule has 0 spiro atoms. The van der Waals surface area contributed by atoms with Crippen molar-refractivity contribution in [3.8, 4) is 11.1 Å². The second-order valence-electron chi connectivity index (χ2n) is 5.95. The summed E-state index contributed by atoms with van der Waals surface area (Å²) in [6.45, 7) is 0.603. The molecule has 0 aliphatic rings. The minimum atomic E-state index is -0.0981. The Morgan fingerprint density at radius 3 is 2.68 bits per heavy atom. The van der Waals surface area contributed by atoms with Gasteiger partial charge in [-0.1, -0.05) is 66.4 Å². The molecule has 0 bridgehead atoms. The van der Waals surface area contributed by atoms with Gasteiger partial charge in [-0.3, -0.25) is 4.79 Å². The van der Waals surface area contributed by atoms with E-state index in [0.29, 0.717) is 11.7 Å². The molecule has 2 heterocycles. The van der Waals surface area contributed by atoms with Gasteiger partial charge in [0.15, 0.2) is 0 Å². The summed E-state index contributed by atoms with van der Waals surface area (Å²) in [6, 6.07) is 21.8. The van der Waals surface area contributed by atoms with Crippen LogP contribution in [0.5, 0.6) is 0 Å². The maximum absolute atomic E-state index is 12.5. The molecule has 6 nitrogen and oxygen atoms in total. The van der Waals surface area contributed by atoms with Crippen molar-refractivity contribution >= 4 is 34.7 Å². The van der Waals surface area contributed by atoms with E-state index in [2.05, 4.69) is 20.8 Å². The van der Waals surface area contributed by atoms with E-state index in [1.54, 1.807) is 16.0 Å². The van der Waals surface area contributed by atoms with Gasteiger partial charge in [-0.25, -0.2) is 4.68 Å². The number of nitrogens with zero attached hydrogens (tertiary/aromatic N) is 4. The van der Waals surface area contributed by atoms with E-state index < -0.39 is 0 Å². The van der Waals surface area contributed by atoms with Gasteiger partial charge in [0.1, 0.15) is 0 Å². The van der Waals surface area contributed by atoms with Crippen molar-refractivity contribution in [1.29, 1.82) is 0 Å². The number of hydrogen-bond donors (Lipinski definition) is 1. The number of thiophene rings is 1. The molecule has 2 aromatic heterocycles. The smallest absolute Gasteiger partial charge is 0.234 e. The number of aromatic nitrogens is 4. The predicted molar refractivity (Wildman–Crippen MR) is 112 cm³/mol. The second kappa shape index (κ2) is 8.81. The number of tetrazole rings is 1. The first-order valence-electron chi connectivity index (χ1n) is 8.65. The summed E-state index contributed by atoms with van der Waals surface area (Å²) < 4.78 is 1.71. The summed E-state index contributed by atoms with van der Waals surface area (Å²) >= 11 is 2.97. The summed E-state index contributed by atoms with van der Waals surface area (Å²) in [5, 5.41) is 17.4. The average molecular weight is 408 g/mol. The van der Waals surface area contributed by atoms with Crippen LogP contribution in [0.25, 0.3) is 11.1 Å². The Bertz CT molecular complexity index is 1050. The zero-order chi connectivity index (χ0) is 19.2. The Morgan fingerprint density at radius 2 is 1.86 bits per heavy atom. The van der Waals surface area contributed by atoms with Crippen molar-refractivity contribution in [1.82, 2.24) is 20.2 Å². The van der Waals surface area contributed by atoms with Gasteiger partial charge >= 0.3 is 0 Å². The lowest BCUT2D eigenvalue weighted by Crippen LogP contribution is -2.15. The van der Waals surface area contributed by atoms with E-state index in [0.717, 1.165) is 21.7 Å². The number of anilines is 1. The highest BCUT2D eigenvalue weighted by Gasteiger charge is 2.12. The fourth-order valence-electron chi connectivity index (χ4n) is 2.73. The first-order valence-corrected chi connectivity index (χ1v) is 10.5. The molecule has 1 amide bonds. The summed E-state index contributed by atoms with van der Waals surface area (Å²) in [6.07, 6.45) is 0. The highest BCUT2D eigenvalue weighted by atomic mass is 32.2. The number of para-hydroxylation sites is 1. The molecule has 0 aliphatic carbocycles. The summed E-state index contributed by atoms with van der Waals surface area (Å²) in [5.41, 5.74) is 2.84. The molecule has 4 aromatic rings. The number of amides is 1. The van der Waals surface area contributed by atoms with Gasteiger partial charge in [-0.2, -0.15) is 0 Å². The molecule has 1 N–H and O–H groups in total. The van der Waals surface area contributed by atoms with Crippen LogP contribution in [-0.2, 0) is 11.3 Å². The molecule has 0 atom stereocenters. The van der Waals surface area contributed by atoms with E-state index in [9.17, 15) is 4.79 Å². The highest BCUT2D eigenvalue weighted by Crippen LogP contribution is 2.28. The van der Waals surface area contributed by atoms with Crippen LogP contribution in [0.3, 0.4) is 0 Å². The fourth-order valence-corrected chi connectivity index (χ4v) is 4.09. The van der Waals surface area contributed by atoms with E-state index in [1.807, 2.05) is 72.1 Å². The number of carbonyl (C=O) groups excluding carboxylic acids is 1. The largest absolute Gasteiger partial charge is 0.325 e. The number of rotatable bonds is 7. The number of carbonyl (C=O) groups is 1. The number of hydrogen-bond acceptors (Lipinski definition) is 6. The Kier molecular flexibility index (Phi) is 5.79. The van der Waals surface area contributed by atoms with Crippen molar-refractivity contribution in [2.24, 2.45) is 0 Å². The first-order chi connectivity index (χ1) is 13.8. The summed E-state index contributed by atoms with van der Waals surface area (Å²) in [7, 11) is 0. The van der Waals surface area contributed by atoms with Gasteiger partial charge in [-0.15, -0.1) is 16.4 Å². The second-order valence-corrected chi connectivity index (χ2v) is 7.92. The molecular weight excluding hydrogens is 390 g/mol. The van der Waals surface area contributed by atoms with E-state index in [4.69, 9.17) is 0 Å². The van der Waals surface area contributed by atoms with Crippen LogP contribution in [0, 0.1) is 0 Å². The number of benzene rings is 2. The van der Waals surface area contributed by atoms with Crippen molar-refractivity contribution in [2.75, 3.05) is 11.1 Å². The molecule has 0 unspecified atom stereocenters. The molecule has 0 saturated carbocycles. The predicted octanol–water partition coefficient (Wildman–Crippen LogP) is 4.18. The van der Waals surface area contributed by atoms with Crippen LogP contribution in [0.1, 0.15) is 4.88 Å². The third kappa shape index (κ3) is 4.47. The van der Waals surface area contributed by atoms with Crippen LogP contribution in [0.2, 0.25) is 0 Å². The van der Waals surface area contributed by atoms with Crippen molar-refractivity contribution < 1.29 is 4.79 Å². The molecule has 4 rings (SSSR count). The van der Waals surface area contributed by atoms with Crippen molar-refractivity contribution in [3.63, 3.8) is 0 Å². The maximum Gasteiger partial charge on any atom is 0.234 e. The quantitative estimate of drug-likeness (QED) is 0.465. The Balaban J connectivity index is 1.41. The van der Waals surface area contributed by atoms with Gasteiger partial charge in [0.25, 0.3) is 0 Å². The molecule has 2 aromatic carbocycles. The van der Waals surface area contributed by atoms with Crippen molar-refractivity contribution in [3.05, 3.63) is 77.0 Å². The standard InChI is InChI=1S/C20H17N5OS2/c26-19(14-28-20-22-23-24-25(20)13-16-9-6-12-27-16)21-18-11-5-4-10-17(18)15-7-2-1-3-8-15/h1-12H,13-14H2,(H,21,26). The normalized spacial score (nSPS) is 10.7. The molecule has 0 saturated heterocycles. The Hall–Kier alpha value is -2.97. The fraction of sp³-hybridized carbons (Fsp3) is 0.100. The Labute approximate surface area is 170 Å². The number of thioether (sulfide) groups is 1. The SMILES string of the molecule is O=C(CSc1nnnn1Cc1cccs1)Nc1ccccc1-c1ccccc1. The van der Waals surface area contributed by atoms with Gasteiger partial charge < -0.3 is 5.32 Å². The topological polar surface area (TPSA) is 72.7 Å². The van der Waals surface area contributed by atoms with Crippen LogP contribution < -0.4 is 5.32 Å². The van der Waals surface area contributed by atoms with E-state index >= 15 is 0 Å². The lowest BCUT2D eigenvalue weighted by molar-refractivity contribution is -0.113. The van der Waals surface area contributed by atoms with Crippen LogP contribution in [0.15, 0.2) is 77.3 Å². The molecule has 28 heavy (non-hydrogen) atoms. The third-order valence-electron chi connectivity index (χ3n) is 4.00. The molecular formula is C20H17N5OS2. The minimum Gasteiger partial charge on any atom is -0.325 e. The minimum absolute atomic E-state index is 0.0981. The Morgan fingerprint density at radius 1 is 1.04 bits per heavy atom. The van der Waals surface area contributed by atoms with Gasteiger partial charge in [-0.05, 0) is 33.5 Å². The zero-order valence-electron chi connectivity index (χ0n) is 14.9. The van der Waals surface area contributed by atoms with Gasteiger partial charge in [0.2, 0.25) is 11.1 Å². The average Bonchev–Trinajstić information content (AvgIpc) is 3.40. The van der Waals surface area contributed by atoms with Crippen molar-refractivity contribution in [2.45, 2.75) is 11.7 Å². The van der Waals surface area contributed by atoms with E-state index in [-0.39, 0.29) is 11.7 Å². The summed E-state index contributed by atoms with van der Waals surface area (Å²) in [5.74, 6) is 0.132. The molecule has 140 valence electrons. The monoisotopic (exact) mass is 407 g/mol. The lowest BCUT2D eigenvalue weighted by Gasteiger charge is -2.11. The molecule has 0 fully saturated rings. The van der Waals surface area contributed by atoms with Gasteiger partial charge in [0, 0.05) is 16.1 Å². The zero-order valence-corrected chi connectivity index (χ0v) is 16.5.